The average molecular weight is 394 g/mol. The van der Waals surface area contributed by atoms with Crippen molar-refractivity contribution in [1.29, 1.82) is 0 Å². The van der Waals surface area contributed by atoms with Crippen LogP contribution in [-0.2, 0) is 6.42 Å². The molecule has 1 aromatic heterocycles. The second kappa shape index (κ2) is 15.8. The second-order valence-corrected chi connectivity index (χ2v) is 7.66. The highest BCUT2D eigenvalue weighted by atomic mass is 16.3. The zero-order valence-corrected chi connectivity index (χ0v) is 19.8. The van der Waals surface area contributed by atoms with Crippen LogP contribution in [0.4, 0.5) is 5.69 Å². The zero-order chi connectivity index (χ0) is 21.4. The van der Waals surface area contributed by atoms with Crippen LogP contribution in [0.25, 0.3) is 0 Å². The molecule has 0 amide bonds. The fraction of sp³-hybridized carbons (Fsp3) is 0.792. The minimum absolute atomic E-state index is 0.514. The molecule has 4 heteroatoms. The molecule has 2 heterocycles. The van der Waals surface area contributed by atoms with Crippen LogP contribution in [0.15, 0.2) is 18.3 Å². The van der Waals surface area contributed by atoms with E-state index in [1.165, 1.54) is 25.9 Å². The highest BCUT2D eigenvalue weighted by molar-refractivity contribution is 5.45. The van der Waals surface area contributed by atoms with Crippen LogP contribution in [0.2, 0.25) is 0 Å². The number of rotatable bonds is 8. The van der Waals surface area contributed by atoms with E-state index in [4.69, 9.17) is 0 Å². The summed E-state index contributed by atoms with van der Waals surface area (Å²) in [5.74, 6) is 0. The minimum atomic E-state index is -0.514. The first-order valence-electron chi connectivity index (χ1n) is 11.6. The third-order valence-electron chi connectivity index (χ3n) is 5.10. The molecular formula is C24H47N3O. The lowest BCUT2D eigenvalue weighted by Gasteiger charge is -2.39. The highest BCUT2D eigenvalue weighted by Gasteiger charge is 2.31. The van der Waals surface area contributed by atoms with Gasteiger partial charge in [-0.15, -0.1) is 0 Å². The topological polar surface area (TPSA) is 39.6 Å². The van der Waals surface area contributed by atoms with E-state index in [-0.39, 0.29) is 0 Å². The number of aliphatic hydroxyl groups is 1. The number of hydrogen-bond acceptors (Lipinski definition) is 4. The summed E-state index contributed by atoms with van der Waals surface area (Å²) in [6.45, 7) is 16.9. The Morgan fingerprint density at radius 3 is 2.18 bits per heavy atom. The van der Waals surface area contributed by atoms with Crippen molar-refractivity contribution in [2.75, 3.05) is 38.1 Å². The van der Waals surface area contributed by atoms with E-state index in [2.05, 4.69) is 61.7 Å². The van der Waals surface area contributed by atoms with Gasteiger partial charge < -0.3 is 14.9 Å². The number of piperidine rings is 1. The van der Waals surface area contributed by atoms with E-state index in [0.717, 1.165) is 56.6 Å². The SMILES string of the molecule is CC.CCCN(C)CCC.CCCc1ccc(N2CCC[C@@](O)(CC)C2)cn1. The van der Waals surface area contributed by atoms with Crippen LogP contribution in [-0.4, -0.2) is 53.8 Å². The lowest BCUT2D eigenvalue weighted by atomic mass is 9.90. The number of hydrogen-bond donors (Lipinski definition) is 1. The Morgan fingerprint density at radius 2 is 1.71 bits per heavy atom. The van der Waals surface area contributed by atoms with Crippen LogP contribution in [0.5, 0.6) is 0 Å². The van der Waals surface area contributed by atoms with E-state index in [1.54, 1.807) is 0 Å². The molecule has 1 fully saturated rings. The minimum Gasteiger partial charge on any atom is -0.388 e. The Labute approximate surface area is 175 Å². The van der Waals surface area contributed by atoms with Gasteiger partial charge in [0.1, 0.15) is 0 Å². The van der Waals surface area contributed by atoms with Crippen molar-refractivity contribution < 1.29 is 5.11 Å². The Hall–Kier alpha value is -1.13. The molecule has 0 aromatic carbocycles. The first kappa shape index (κ1) is 26.9. The van der Waals surface area contributed by atoms with Crippen molar-refractivity contribution in [2.24, 2.45) is 0 Å². The lowest BCUT2D eigenvalue weighted by molar-refractivity contribution is 0.0223. The van der Waals surface area contributed by atoms with Crippen molar-refractivity contribution in [2.45, 2.75) is 92.1 Å². The first-order valence-corrected chi connectivity index (χ1v) is 11.6. The molecular weight excluding hydrogens is 346 g/mol. The lowest BCUT2D eigenvalue weighted by Crippen LogP contribution is -2.47. The van der Waals surface area contributed by atoms with E-state index >= 15 is 0 Å². The Bertz CT molecular complexity index is 471. The van der Waals surface area contributed by atoms with Gasteiger partial charge in [-0.2, -0.15) is 0 Å². The molecule has 1 atom stereocenters. The molecule has 1 aliphatic rings. The normalized spacial score (nSPS) is 18.8. The molecule has 0 spiro atoms. The van der Waals surface area contributed by atoms with Gasteiger partial charge >= 0.3 is 0 Å². The average Bonchev–Trinajstić information content (AvgIpc) is 2.71. The van der Waals surface area contributed by atoms with Crippen LogP contribution in [0.3, 0.4) is 0 Å². The van der Waals surface area contributed by atoms with Crippen molar-refractivity contribution >= 4 is 5.69 Å². The standard InChI is InChI=1S/C15H24N2O.C7H17N.C2H6/c1-3-6-13-7-8-14(11-16-13)17-10-5-9-15(18,4-2)12-17;1-4-6-8(3)7-5-2;1-2/h7-8,11,18H,3-6,9-10,12H2,1-2H3;4-7H2,1-3H3;1-2H3/t15-;;/m0../s1. The highest BCUT2D eigenvalue weighted by Crippen LogP contribution is 2.27. The van der Waals surface area contributed by atoms with Crippen LogP contribution < -0.4 is 4.90 Å². The number of anilines is 1. The molecule has 1 aliphatic heterocycles. The van der Waals surface area contributed by atoms with Crippen LogP contribution >= 0.6 is 0 Å². The summed E-state index contributed by atoms with van der Waals surface area (Å²) in [5, 5.41) is 10.4. The van der Waals surface area contributed by atoms with E-state index in [9.17, 15) is 5.11 Å². The molecule has 28 heavy (non-hydrogen) atoms. The number of aromatic nitrogens is 1. The molecule has 2 rings (SSSR count). The molecule has 0 radical (unpaired) electrons. The predicted octanol–water partition coefficient (Wildman–Crippen LogP) is 5.54. The third kappa shape index (κ3) is 10.4. The summed E-state index contributed by atoms with van der Waals surface area (Å²) < 4.78 is 0. The van der Waals surface area contributed by atoms with Gasteiger partial charge in [-0.25, -0.2) is 0 Å². The van der Waals surface area contributed by atoms with E-state index < -0.39 is 5.60 Å². The molecule has 0 saturated carbocycles. The molecule has 1 N–H and O–H groups in total. The summed E-state index contributed by atoms with van der Waals surface area (Å²) in [6, 6.07) is 4.25. The largest absolute Gasteiger partial charge is 0.388 e. The van der Waals surface area contributed by atoms with Gasteiger partial charge in [0.15, 0.2) is 0 Å². The summed E-state index contributed by atoms with van der Waals surface area (Å²) in [7, 11) is 2.17. The summed E-state index contributed by atoms with van der Waals surface area (Å²) in [6.07, 6.45) is 9.47. The fourth-order valence-electron chi connectivity index (χ4n) is 3.50. The fourth-order valence-corrected chi connectivity index (χ4v) is 3.50. The molecule has 164 valence electrons. The van der Waals surface area contributed by atoms with Gasteiger partial charge in [0, 0.05) is 18.8 Å². The van der Waals surface area contributed by atoms with Crippen molar-refractivity contribution in [1.82, 2.24) is 9.88 Å². The Morgan fingerprint density at radius 1 is 1.07 bits per heavy atom. The summed E-state index contributed by atoms with van der Waals surface area (Å²) in [4.78, 5) is 9.11. The second-order valence-electron chi connectivity index (χ2n) is 7.66. The van der Waals surface area contributed by atoms with E-state index in [1.807, 2.05) is 20.0 Å². The maximum atomic E-state index is 10.4. The van der Waals surface area contributed by atoms with Crippen molar-refractivity contribution in [3.8, 4) is 0 Å². The molecule has 0 unspecified atom stereocenters. The van der Waals surface area contributed by atoms with Crippen molar-refractivity contribution in [3.05, 3.63) is 24.0 Å². The Kier molecular flexibility index (Phi) is 15.1. The molecule has 0 aliphatic carbocycles. The Balaban J connectivity index is 0.000000618. The van der Waals surface area contributed by atoms with Crippen LogP contribution in [0.1, 0.15) is 85.8 Å². The quantitative estimate of drug-likeness (QED) is 0.629. The molecule has 0 bridgehead atoms. The maximum Gasteiger partial charge on any atom is 0.0819 e. The first-order chi connectivity index (χ1) is 13.5. The van der Waals surface area contributed by atoms with Gasteiger partial charge in [-0.3, -0.25) is 4.98 Å². The van der Waals surface area contributed by atoms with E-state index in [0.29, 0.717) is 0 Å². The number of β-amino-alcohol motifs (C(OH)–C–C–N with tert-alkyl or cyclic N) is 1. The summed E-state index contributed by atoms with van der Waals surface area (Å²) >= 11 is 0. The predicted molar refractivity (Wildman–Crippen MR) is 124 cm³/mol. The van der Waals surface area contributed by atoms with Gasteiger partial charge in [0.25, 0.3) is 0 Å². The van der Waals surface area contributed by atoms with Crippen LogP contribution in [0, 0.1) is 0 Å². The van der Waals surface area contributed by atoms with Crippen molar-refractivity contribution in [3.63, 3.8) is 0 Å². The van der Waals surface area contributed by atoms with Gasteiger partial charge in [-0.05, 0) is 70.8 Å². The molecule has 1 saturated heterocycles. The number of nitrogens with zero attached hydrogens (tertiary/aromatic N) is 3. The van der Waals surface area contributed by atoms with Gasteiger partial charge in [0.2, 0.25) is 0 Å². The monoisotopic (exact) mass is 393 g/mol. The third-order valence-corrected chi connectivity index (χ3v) is 5.10. The number of pyridine rings is 1. The van der Waals surface area contributed by atoms with Gasteiger partial charge in [0.05, 0.1) is 17.5 Å². The van der Waals surface area contributed by atoms with Gasteiger partial charge in [-0.1, -0.05) is 48.0 Å². The zero-order valence-electron chi connectivity index (χ0n) is 19.8. The smallest absolute Gasteiger partial charge is 0.0819 e. The molecule has 1 aromatic rings. The maximum absolute atomic E-state index is 10.4. The summed E-state index contributed by atoms with van der Waals surface area (Å²) in [5.41, 5.74) is 1.78. The molecule has 4 nitrogen and oxygen atoms in total. The number of aryl methyl sites for hydroxylation is 1.